The highest BCUT2D eigenvalue weighted by Gasteiger charge is 2.10. The van der Waals surface area contributed by atoms with Gasteiger partial charge >= 0.3 is 0 Å². The van der Waals surface area contributed by atoms with Crippen molar-refractivity contribution >= 4 is 17.3 Å². The van der Waals surface area contributed by atoms with E-state index < -0.39 is 17.5 Å². The summed E-state index contributed by atoms with van der Waals surface area (Å²) in [5.74, 6) is -2.50. The van der Waals surface area contributed by atoms with Crippen molar-refractivity contribution in [3.05, 3.63) is 89.2 Å². The molecule has 0 unspecified atom stereocenters. The number of amides is 1. The zero-order valence-corrected chi connectivity index (χ0v) is 14.1. The van der Waals surface area contributed by atoms with E-state index in [0.29, 0.717) is 6.54 Å². The smallest absolute Gasteiger partial charge is 0.274 e. The minimum Gasteiger partial charge on any atom is -0.381 e. The first kappa shape index (κ1) is 17.5. The first-order valence-electron chi connectivity index (χ1n) is 8.03. The highest BCUT2D eigenvalue weighted by Crippen LogP contribution is 2.16. The first-order chi connectivity index (χ1) is 12.5. The van der Waals surface area contributed by atoms with E-state index in [1.54, 1.807) is 12.1 Å². The number of hydrogen-bond donors (Lipinski definition) is 2. The van der Waals surface area contributed by atoms with Gasteiger partial charge in [0, 0.05) is 30.2 Å². The topological polar surface area (TPSA) is 54.0 Å². The van der Waals surface area contributed by atoms with E-state index in [1.165, 1.54) is 17.8 Å². The van der Waals surface area contributed by atoms with Crippen molar-refractivity contribution in [1.82, 2.24) is 4.98 Å². The molecule has 0 aliphatic heterocycles. The van der Waals surface area contributed by atoms with Gasteiger partial charge in [0.1, 0.15) is 5.69 Å². The molecule has 0 saturated carbocycles. The molecule has 26 heavy (non-hydrogen) atoms. The van der Waals surface area contributed by atoms with Crippen LogP contribution in [-0.4, -0.2) is 10.9 Å². The van der Waals surface area contributed by atoms with Crippen molar-refractivity contribution in [2.45, 2.75) is 13.5 Å². The lowest BCUT2D eigenvalue weighted by atomic mass is 10.1. The molecule has 1 aromatic heterocycles. The van der Waals surface area contributed by atoms with Gasteiger partial charge in [0.15, 0.2) is 11.6 Å². The van der Waals surface area contributed by atoms with Gasteiger partial charge < -0.3 is 10.6 Å². The fourth-order valence-corrected chi connectivity index (χ4v) is 2.46. The average Bonchev–Trinajstić information content (AvgIpc) is 2.63. The number of carbonyl (C=O) groups excluding carboxylic acids is 1. The number of aromatic nitrogens is 1. The third kappa shape index (κ3) is 4.42. The lowest BCUT2D eigenvalue weighted by molar-refractivity contribution is 0.102. The Morgan fingerprint density at radius 2 is 1.85 bits per heavy atom. The van der Waals surface area contributed by atoms with Gasteiger partial charge in [0.05, 0.1) is 0 Å². The van der Waals surface area contributed by atoms with Gasteiger partial charge in [-0.15, -0.1) is 0 Å². The van der Waals surface area contributed by atoms with Gasteiger partial charge in [-0.05, 0) is 36.8 Å². The predicted octanol–water partition coefficient (Wildman–Crippen LogP) is 4.53. The van der Waals surface area contributed by atoms with Crippen LogP contribution in [-0.2, 0) is 6.54 Å². The van der Waals surface area contributed by atoms with Gasteiger partial charge in [0.25, 0.3) is 5.91 Å². The van der Waals surface area contributed by atoms with Crippen LogP contribution in [0.3, 0.4) is 0 Å². The molecule has 6 heteroatoms. The molecule has 0 radical (unpaired) electrons. The quantitative estimate of drug-likeness (QED) is 0.708. The van der Waals surface area contributed by atoms with Crippen LogP contribution in [0, 0.1) is 18.6 Å². The van der Waals surface area contributed by atoms with E-state index in [9.17, 15) is 13.6 Å². The second-order valence-corrected chi connectivity index (χ2v) is 5.86. The van der Waals surface area contributed by atoms with E-state index in [2.05, 4.69) is 21.7 Å². The molecule has 4 nitrogen and oxygen atoms in total. The van der Waals surface area contributed by atoms with Gasteiger partial charge in [-0.2, -0.15) is 0 Å². The zero-order valence-electron chi connectivity index (χ0n) is 14.1. The molecule has 2 N–H and O–H groups in total. The number of nitrogens with one attached hydrogen (secondary N) is 2. The number of benzene rings is 2. The summed E-state index contributed by atoms with van der Waals surface area (Å²) in [5.41, 5.74) is 3.36. The minimum absolute atomic E-state index is 0.161. The van der Waals surface area contributed by atoms with E-state index in [0.717, 1.165) is 23.4 Å². The highest BCUT2D eigenvalue weighted by molar-refractivity contribution is 6.03. The molecule has 1 amide bonds. The molecule has 0 atom stereocenters. The van der Waals surface area contributed by atoms with Crippen LogP contribution in [0.25, 0.3) is 0 Å². The fraction of sp³-hybridized carbons (Fsp3) is 0.100. The molecule has 0 aliphatic rings. The second-order valence-electron chi connectivity index (χ2n) is 5.86. The van der Waals surface area contributed by atoms with Crippen LogP contribution < -0.4 is 10.6 Å². The van der Waals surface area contributed by atoms with Crippen LogP contribution in [0.2, 0.25) is 0 Å². The lowest BCUT2D eigenvalue weighted by Crippen LogP contribution is -2.14. The Labute approximate surface area is 149 Å². The Balaban J connectivity index is 1.67. The molecule has 3 rings (SSSR count). The molecule has 0 bridgehead atoms. The largest absolute Gasteiger partial charge is 0.381 e. The fourth-order valence-electron chi connectivity index (χ4n) is 2.46. The van der Waals surface area contributed by atoms with E-state index >= 15 is 0 Å². The molecule has 2 aromatic carbocycles. The zero-order chi connectivity index (χ0) is 18.5. The van der Waals surface area contributed by atoms with Gasteiger partial charge in [-0.25, -0.2) is 8.78 Å². The molecule has 1 heterocycles. The number of hydrogen-bond acceptors (Lipinski definition) is 3. The monoisotopic (exact) mass is 353 g/mol. The van der Waals surface area contributed by atoms with E-state index in [1.807, 2.05) is 25.1 Å². The van der Waals surface area contributed by atoms with E-state index in [-0.39, 0.29) is 11.4 Å². The van der Waals surface area contributed by atoms with Crippen molar-refractivity contribution in [3.63, 3.8) is 0 Å². The second kappa shape index (κ2) is 7.74. The van der Waals surface area contributed by atoms with Crippen molar-refractivity contribution in [2.75, 3.05) is 10.6 Å². The number of anilines is 2. The lowest BCUT2D eigenvalue weighted by Gasteiger charge is -2.09. The van der Waals surface area contributed by atoms with Crippen molar-refractivity contribution in [1.29, 1.82) is 0 Å². The van der Waals surface area contributed by atoms with Crippen molar-refractivity contribution in [3.8, 4) is 0 Å². The summed E-state index contributed by atoms with van der Waals surface area (Å²) in [6.45, 7) is 2.63. The Hall–Kier alpha value is -3.28. The Morgan fingerprint density at radius 3 is 2.62 bits per heavy atom. The van der Waals surface area contributed by atoms with Crippen LogP contribution in [0.4, 0.5) is 20.2 Å². The molecule has 0 aliphatic carbocycles. The number of carbonyl (C=O) groups is 1. The summed E-state index contributed by atoms with van der Waals surface area (Å²) in [6.07, 6.45) is 1.51. The van der Waals surface area contributed by atoms with Crippen LogP contribution in [0.5, 0.6) is 0 Å². The summed E-state index contributed by atoms with van der Waals surface area (Å²) in [4.78, 5) is 16.3. The van der Waals surface area contributed by atoms with Crippen molar-refractivity contribution in [2.24, 2.45) is 0 Å². The van der Waals surface area contributed by atoms with Crippen LogP contribution in [0.1, 0.15) is 21.6 Å². The normalized spacial score (nSPS) is 10.4. The third-order valence-electron chi connectivity index (χ3n) is 3.75. The number of aryl methyl sites for hydroxylation is 1. The minimum atomic E-state index is -1.02. The SMILES string of the molecule is Cc1cccc(CNc2ccnc(C(=O)Nc3ccc(F)c(F)c3)c2)c1. The Morgan fingerprint density at radius 1 is 1.00 bits per heavy atom. The van der Waals surface area contributed by atoms with Crippen LogP contribution >= 0.6 is 0 Å². The molecule has 132 valence electrons. The first-order valence-corrected chi connectivity index (χ1v) is 8.03. The summed E-state index contributed by atoms with van der Waals surface area (Å²) in [7, 11) is 0. The number of nitrogens with zero attached hydrogens (tertiary/aromatic N) is 1. The van der Waals surface area contributed by atoms with Gasteiger partial charge in [-0.3, -0.25) is 9.78 Å². The molecular weight excluding hydrogens is 336 g/mol. The van der Waals surface area contributed by atoms with Gasteiger partial charge in [0.2, 0.25) is 0 Å². The van der Waals surface area contributed by atoms with Gasteiger partial charge in [-0.1, -0.05) is 29.8 Å². The van der Waals surface area contributed by atoms with Crippen LogP contribution in [0.15, 0.2) is 60.8 Å². The third-order valence-corrected chi connectivity index (χ3v) is 3.75. The molecule has 0 spiro atoms. The molecule has 0 saturated heterocycles. The average molecular weight is 353 g/mol. The summed E-state index contributed by atoms with van der Waals surface area (Å²) in [5, 5.41) is 5.73. The van der Waals surface area contributed by atoms with Crippen molar-refractivity contribution < 1.29 is 13.6 Å². The maximum atomic E-state index is 13.2. The predicted molar refractivity (Wildman–Crippen MR) is 97.1 cm³/mol. The number of halogens is 2. The standard InChI is InChI=1S/C20H17F2N3O/c1-13-3-2-4-14(9-13)12-24-15-7-8-23-19(11-15)20(26)25-16-5-6-17(21)18(22)10-16/h2-11H,12H2,1H3,(H,23,24)(H,25,26). The molecule has 0 fully saturated rings. The molecular formula is C20H17F2N3O. The summed E-state index contributed by atoms with van der Waals surface area (Å²) >= 11 is 0. The maximum absolute atomic E-state index is 13.2. The summed E-state index contributed by atoms with van der Waals surface area (Å²) in [6, 6.07) is 14.6. The highest BCUT2D eigenvalue weighted by atomic mass is 19.2. The Bertz CT molecular complexity index is 944. The maximum Gasteiger partial charge on any atom is 0.274 e. The van der Waals surface area contributed by atoms with E-state index in [4.69, 9.17) is 0 Å². The summed E-state index contributed by atoms with van der Waals surface area (Å²) < 4.78 is 26.2. The molecule has 3 aromatic rings. The number of rotatable bonds is 5. The number of pyridine rings is 1. The Kier molecular flexibility index (Phi) is 5.22.